The van der Waals surface area contributed by atoms with E-state index in [1.165, 1.54) is 10.8 Å². The van der Waals surface area contributed by atoms with E-state index >= 15 is 0 Å². The molecular formula is C12H11FN2O3S2. The third-order valence-electron chi connectivity index (χ3n) is 2.52. The second kappa shape index (κ2) is 5.76. The Morgan fingerprint density at radius 2 is 2.10 bits per heavy atom. The van der Waals surface area contributed by atoms with Crippen LogP contribution in [0, 0.1) is 0 Å². The number of aromatic nitrogens is 2. The lowest BCUT2D eigenvalue weighted by atomic mass is 10.2. The van der Waals surface area contributed by atoms with Crippen LogP contribution in [0.1, 0.15) is 0 Å². The molecule has 2 rings (SSSR count). The first-order chi connectivity index (χ1) is 9.42. The molecule has 0 aliphatic rings. The van der Waals surface area contributed by atoms with Crippen LogP contribution in [-0.2, 0) is 10.2 Å². The van der Waals surface area contributed by atoms with E-state index in [-0.39, 0.29) is 16.5 Å². The summed E-state index contributed by atoms with van der Waals surface area (Å²) in [5, 5.41) is 0.724. The van der Waals surface area contributed by atoms with E-state index in [0.29, 0.717) is 10.9 Å². The first-order valence-electron chi connectivity index (χ1n) is 5.61. The maximum atomic E-state index is 12.5. The van der Waals surface area contributed by atoms with Gasteiger partial charge in [-0.3, -0.25) is 9.36 Å². The van der Waals surface area contributed by atoms with Crippen molar-refractivity contribution in [3.05, 3.63) is 41.2 Å². The molecule has 8 heteroatoms. The van der Waals surface area contributed by atoms with Crippen molar-refractivity contribution in [2.45, 2.75) is 5.16 Å². The largest absolute Gasteiger partial charge is 0.303 e. The highest BCUT2D eigenvalue weighted by Gasteiger charge is 2.12. The zero-order valence-electron chi connectivity index (χ0n) is 10.3. The van der Waals surface area contributed by atoms with Gasteiger partial charge in [0.1, 0.15) is 0 Å². The van der Waals surface area contributed by atoms with E-state index in [2.05, 4.69) is 11.6 Å². The van der Waals surface area contributed by atoms with Crippen LogP contribution in [0.15, 0.2) is 40.8 Å². The van der Waals surface area contributed by atoms with Crippen molar-refractivity contribution in [2.24, 2.45) is 0 Å². The standard InChI is InChI=1S/C12H11FN2O3S2/c1-2-15-11(16)9-5-3-4-6-10(9)14-12(15)19-7-8-20(13,17)18/h2-6H,1,7-8H2. The lowest BCUT2D eigenvalue weighted by Crippen LogP contribution is -2.19. The minimum Gasteiger partial charge on any atom is -0.268 e. The molecule has 20 heavy (non-hydrogen) atoms. The molecule has 0 radical (unpaired) electrons. The van der Waals surface area contributed by atoms with E-state index < -0.39 is 16.0 Å². The highest BCUT2D eigenvalue weighted by molar-refractivity contribution is 8.00. The molecule has 0 amide bonds. The second-order valence-corrected chi connectivity index (χ2v) is 6.41. The van der Waals surface area contributed by atoms with Crippen LogP contribution in [0.4, 0.5) is 3.89 Å². The molecule has 5 nitrogen and oxygen atoms in total. The van der Waals surface area contributed by atoms with Crippen LogP contribution in [0.25, 0.3) is 17.1 Å². The summed E-state index contributed by atoms with van der Waals surface area (Å²) in [6.45, 7) is 3.53. The summed E-state index contributed by atoms with van der Waals surface area (Å²) in [5.41, 5.74) is 0.206. The Labute approximate surface area is 119 Å². The third kappa shape index (κ3) is 3.26. The summed E-state index contributed by atoms with van der Waals surface area (Å²) in [4.78, 5) is 16.5. The quantitative estimate of drug-likeness (QED) is 0.479. The van der Waals surface area contributed by atoms with Gasteiger partial charge in [-0.2, -0.15) is 8.42 Å². The fourth-order valence-corrected chi connectivity index (χ4v) is 3.39. The van der Waals surface area contributed by atoms with Crippen LogP contribution in [-0.4, -0.2) is 29.5 Å². The van der Waals surface area contributed by atoms with Crippen LogP contribution < -0.4 is 5.56 Å². The average molecular weight is 314 g/mol. The monoisotopic (exact) mass is 314 g/mol. The number of hydrogen-bond acceptors (Lipinski definition) is 5. The molecule has 1 aromatic heterocycles. The highest BCUT2D eigenvalue weighted by Crippen LogP contribution is 2.18. The Bertz CT molecular complexity index is 815. The van der Waals surface area contributed by atoms with Crippen molar-refractivity contribution in [3.63, 3.8) is 0 Å². The van der Waals surface area contributed by atoms with E-state index in [1.807, 2.05) is 0 Å². The Kier molecular flexibility index (Phi) is 4.24. The van der Waals surface area contributed by atoms with Crippen molar-refractivity contribution in [2.75, 3.05) is 11.5 Å². The van der Waals surface area contributed by atoms with E-state index in [4.69, 9.17) is 0 Å². The molecule has 0 bridgehead atoms. The summed E-state index contributed by atoms with van der Waals surface area (Å²) >= 11 is 0.989. The molecule has 0 saturated carbocycles. The molecule has 106 valence electrons. The molecular weight excluding hydrogens is 303 g/mol. The molecule has 0 fully saturated rings. The van der Waals surface area contributed by atoms with Gasteiger partial charge in [-0.1, -0.05) is 30.5 Å². The van der Waals surface area contributed by atoms with Crippen LogP contribution in [0.2, 0.25) is 0 Å². The van der Waals surface area contributed by atoms with Gasteiger partial charge >= 0.3 is 10.2 Å². The maximum absolute atomic E-state index is 12.5. The number of fused-ring (bicyclic) bond motifs is 1. The van der Waals surface area contributed by atoms with Gasteiger partial charge in [0, 0.05) is 12.0 Å². The van der Waals surface area contributed by atoms with Gasteiger partial charge in [0.15, 0.2) is 5.16 Å². The van der Waals surface area contributed by atoms with E-state index in [9.17, 15) is 17.1 Å². The number of thioether (sulfide) groups is 1. The minimum atomic E-state index is -4.53. The van der Waals surface area contributed by atoms with Crippen molar-refractivity contribution >= 4 is 39.1 Å². The highest BCUT2D eigenvalue weighted by atomic mass is 32.3. The summed E-state index contributed by atoms with van der Waals surface area (Å²) in [7, 11) is -4.53. The first-order valence-corrected chi connectivity index (χ1v) is 8.15. The maximum Gasteiger partial charge on any atom is 0.303 e. The molecule has 0 aliphatic carbocycles. The van der Waals surface area contributed by atoms with Crippen LogP contribution >= 0.6 is 11.8 Å². The molecule has 0 saturated heterocycles. The number of benzene rings is 1. The predicted molar refractivity (Wildman–Crippen MR) is 78.0 cm³/mol. The van der Waals surface area contributed by atoms with Gasteiger partial charge in [-0.15, -0.1) is 3.89 Å². The number of nitrogens with zero attached hydrogens (tertiary/aromatic N) is 2. The molecule has 0 unspecified atom stereocenters. The smallest absolute Gasteiger partial charge is 0.268 e. The molecule has 0 spiro atoms. The Morgan fingerprint density at radius 3 is 2.75 bits per heavy atom. The Balaban J connectivity index is 2.42. The molecule has 0 aliphatic heterocycles. The van der Waals surface area contributed by atoms with Gasteiger partial charge in [-0.05, 0) is 12.1 Å². The van der Waals surface area contributed by atoms with Gasteiger partial charge in [0.25, 0.3) is 5.56 Å². The summed E-state index contributed by atoms with van der Waals surface area (Å²) in [6.07, 6.45) is 1.30. The Hall–Kier alpha value is -1.67. The van der Waals surface area contributed by atoms with Gasteiger partial charge in [-0.25, -0.2) is 4.98 Å². The lowest BCUT2D eigenvalue weighted by molar-refractivity contribution is 0.554. The molecule has 0 atom stereocenters. The number of para-hydroxylation sites is 1. The second-order valence-electron chi connectivity index (χ2n) is 3.86. The van der Waals surface area contributed by atoms with Crippen molar-refractivity contribution < 1.29 is 12.3 Å². The van der Waals surface area contributed by atoms with E-state index in [0.717, 1.165) is 11.8 Å². The summed E-state index contributed by atoms with van der Waals surface area (Å²) < 4.78 is 34.6. The molecule has 0 N–H and O–H groups in total. The first kappa shape index (κ1) is 14.7. The van der Waals surface area contributed by atoms with Gasteiger partial charge in [0.2, 0.25) is 0 Å². The third-order valence-corrected chi connectivity index (χ3v) is 4.42. The fraction of sp³-hybridized carbons (Fsp3) is 0.167. The van der Waals surface area contributed by atoms with Crippen LogP contribution in [0.3, 0.4) is 0 Å². The molecule has 1 aromatic carbocycles. The number of hydrogen-bond donors (Lipinski definition) is 0. The van der Waals surface area contributed by atoms with Crippen LogP contribution in [0.5, 0.6) is 0 Å². The number of halogens is 1. The summed E-state index contributed by atoms with van der Waals surface area (Å²) in [6, 6.07) is 6.79. The summed E-state index contributed by atoms with van der Waals surface area (Å²) in [5.74, 6) is -0.658. The lowest BCUT2D eigenvalue weighted by Gasteiger charge is -2.08. The predicted octanol–water partition coefficient (Wildman–Crippen LogP) is 1.89. The van der Waals surface area contributed by atoms with Gasteiger partial charge in [0.05, 0.1) is 16.7 Å². The Morgan fingerprint density at radius 1 is 1.40 bits per heavy atom. The molecule has 2 aromatic rings. The SMILES string of the molecule is C=Cn1c(SCCS(=O)(=O)F)nc2ccccc2c1=O. The minimum absolute atomic E-state index is 0.0303. The average Bonchev–Trinajstić information content (AvgIpc) is 2.38. The van der Waals surface area contributed by atoms with E-state index in [1.54, 1.807) is 24.3 Å². The van der Waals surface area contributed by atoms with Gasteiger partial charge < -0.3 is 0 Å². The van der Waals surface area contributed by atoms with Crippen molar-refractivity contribution in [3.8, 4) is 0 Å². The normalized spacial score (nSPS) is 11.7. The zero-order valence-corrected chi connectivity index (χ0v) is 12.0. The van der Waals surface area contributed by atoms with Crippen molar-refractivity contribution in [1.82, 2.24) is 9.55 Å². The topological polar surface area (TPSA) is 69.0 Å². The van der Waals surface area contributed by atoms with Crippen molar-refractivity contribution in [1.29, 1.82) is 0 Å². The number of rotatable bonds is 5. The molecule has 1 heterocycles. The fourth-order valence-electron chi connectivity index (χ4n) is 1.62. The zero-order chi connectivity index (χ0) is 14.8.